The number of rotatable bonds is 2. The summed E-state index contributed by atoms with van der Waals surface area (Å²) in [6.45, 7) is 0. The molecular formula is C9H5NO5S. The van der Waals surface area contributed by atoms with E-state index in [1.54, 1.807) is 0 Å². The SMILES string of the molecule is COC(=O)C#Cc1cc(C=O)sc1[N+](=O)[O-]. The summed E-state index contributed by atoms with van der Waals surface area (Å²) < 4.78 is 4.26. The molecule has 0 saturated carbocycles. The summed E-state index contributed by atoms with van der Waals surface area (Å²) in [5.74, 6) is 3.54. The van der Waals surface area contributed by atoms with Crippen molar-refractivity contribution in [2.45, 2.75) is 0 Å². The van der Waals surface area contributed by atoms with Crippen molar-refractivity contribution in [1.29, 1.82) is 0 Å². The molecule has 0 aliphatic rings. The molecule has 7 heteroatoms. The van der Waals surface area contributed by atoms with Crippen LogP contribution in [0.5, 0.6) is 0 Å². The van der Waals surface area contributed by atoms with E-state index in [1.165, 1.54) is 6.07 Å². The fourth-order valence-electron chi connectivity index (χ4n) is 0.853. The van der Waals surface area contributed by atoms with Gasteiger partial charge in [0.2, 0.25) is 0 Å². The third-order valence-corrected chi connectivity index (χ3v) is 2.51. The van der Waals surface area contributed by atoms with Gasteiger partial charge in [-0.2, -0.15) is 0 Å². The van der Waals surface area contributed by atoms with Gasteiger partial charge in [-0.3, -0.25) is 14.9 Å². The van der Waals surface area contributed by atoms with Crippen molar-refractivity contribution in [2.24, 2.45) is 0 Å². The largest absolute Gasteiger partial charge is 0.459 e. The van der Waals surface area contributed by atoms with Gasteiger partial charge in [-0.25, -0.2) is 4.79 Å². The van der Waals surface area contributed by atoms with E-state index in [2.05, 4.69) is 16.6 Å². The number of thiophene rings is 1. The van der Waals surface area contributed by atoms with Gasteiger partial charge in [-0.1, -0.05) is 11.3 Å². The first-order chi connectivity index (χ1) is 7.58. The van der Waals surface area contributed by atoms with Gasteiger partial charge in [0, 0.05) is 5.92 Å². The van der Waals surface area contributed by atoms with E-state index in [1.807, 2.05) is 0 Å². The van der Waals surface area contributed by atoms with Crippen LogP contribution in [0.3, 0.4) is 0 Å². The molecule has 1 aromatic heterocycles. The van der Waals surface area contributed by atoms with Gasteiger partial charge in [0.15, 0.2) is 6.29 Å². The van der Waals surface area contributed by atoms with E-state index in [0.29, 0.717) is 17.6 Å². The molecule has 16 heavy (non-hydrogen) atoms. The van der Waals surface area contributed by atoms with Crippen LogP contribution in [0, 0.1) is 22.0 Å². The average Bonchev–Trinajstić information content (AvgIpc) is 2.69. The topological polar surface area (TPSA) is 86.5 Å². The minimum absolute atomic E-state index is 0.0301. The van der Waals surface area contributed by atoms with Crippen molar-refractivity contribution >= 4 is 28.6 Å². The summed E-state index contributed by atoms with van der Waals surface area (Å²) in [6.07, 6.45) is 0.487. The van der Waals surface area contributed by atoms with Crippen LogP contribution in [0.2, 0.25) is 0 Å². The molecule has 0 bridgehead atoms. The van der Waals surface area contributed by atoms with Crippen LogP contribution in [0.15, 0.2) is 6.07 Å². The molecule has 0 saturated heterocycles. The van der Waals surface area contributed by atoms with Crippen LogP contribution >= 0.6 is 11.3 Å². The van der Waals surface area contributed by atoms with Crippen molar-refractivity contribution < 1.29 is 19.2 Å². The molecule has 1 aromatic rings. The lowest BCUT2D eigenvalue weighted by molar-refractivity contribution is -0.380. The second-order valence-corrected chi connectivity index (χ2v) is 3.55. The average molecular weight is 239 g/mol. The van der Waals surface area contributed by atoms with E-state index < -0.39 is 10.9 Å². The predicted molar refractivity (Wildman–Crippen MR) is 55.3 cm³/mol. The molecule has 82 valence electrons. The fourth-order valence-corrected chi connectivity index (χ4v) is 1.60. The molecule has 0 atom stereocenters. The maximum Gasteiger partial charge on any atom is 0.384 e. The Morgan fingerprint density at radius 2 is 2.38 bits per heavy atom. The standard InChI is InChI=1S/C9H5NO5S/c1-15-8(12)3-2-6-4-7(5-11)16-9(6)10(13)14/h4-5H,1H3. The van der Waals surface area contributed by atoms with Crippen molar-refractivity contribution in [3.05, 3.63) is 26.6 Å². The summed E-state index contributed by atoms with van der Waals surface area (Å²) in [6, 6.07) is 1.26. The summed E-state index contributed by atoms with van der Waals surface area (Å²) in [7, 11) is 1.15. The molecule has 0 unspecified atom stereocenters. The molecule has 0 fully saturated rings. The first-order valence-corrected chi connectivity index (χ1v) is 4.73. The lowest BCUT2D eigenvalue weighted by Crippen LogP contribution is -1.94. The van der Waals surface area contributed by atoms with Gasteiger partial charge in [0.25, 0.3) is 0 Å². The predicted octanol–water partition coefficient (Wildman–Crippen LogP) is 0.993. The second-order valence-electron chi connectivity index (χ2n) is 2.48. The number of carbonyl (C=O) groups is 2. The highest BCUT2D eigenvalue weighted by Gasteiger charge is 2.17. The van der Waals surface area contributed by atoms with E-state index in [0.717, 1.165) is 7.11 Å². The molecule has 0 radical (unpaired) electrons. The molecule has 0 spiro atoms. The zero-order chi connectivity index (χ0) is 12.1. The number of esters is 1. The summed E-state index contributed by atoms with van der Waals surface area (Å²) in [5, 5.41) is 10.3. The zero-order valence-electron chi connectivity index (χ0n) is 8.05. The van der Waals surface area contributed by atoms with Crippen LogP contribution < -0.4 is 0 Å². The summed E-state index contributed by atoms with van der Waals surface area (Å²) >= 11 is 0.705. The Balaban J connectivity index is 3.15. The third kappa shape index (κ3) is 2.65. The molecule has 0 N–H and O–H groups in total. The number of carbonyl (C=O) groups excluding carboxylic acids is 2. The van der Waals surface area contributed by atoms with Crippen molar-refractivity contribution in [2.75, 3.05) is 7.11 Å². The molecule has 1 heterocycles. The summed E-state index contributed by atoms with van der Waals surface area (Å²) in [5.41, 5.74) is 0.0301. The first kappa shape index (κ1) is 11.9. The van der Waals surface area contributed by atoms with E-state index in [9.17, 15) is 19.7 Å². The Bertz CT molecular complexity index is 508. The highest BCUT2D eigenvalue weighted by atomic mass is 32.1. The quantitative estimate of drug-likeness (QED) is 0.252. The number of hydrogen-bond acceptors (Lipinski definition) is 6. The Morgan fingerprint density at radius 1 is 1.69 bits per heavy atom. The second kappa shape index (κ2) is 5.04. The van der Waals surface area contributed by atoms with Crippen LogP contribution in [0.1, 0.15) is 15.2 Å². The molecule has 0 aliphatic carbocycles. The molecular weight excluding hydrogens is 234 g/mol. The van der Waals surface area contributed by atoms with Crippen LogP contribution in [-0.2, 0) is 9.53 Å². The lowest BCUT2D eigenvalue weighted by Gasteiger charge is -1.85. The number of hydrogen-bond donors (Lipinski definition) is 0. The van der Waals surface area contributed by atoms with Crippen LogP contribution in [-0.4, -0.2) is 24.3 Å². The highest BCUT2D eigenvalue weighted by Crippen LogP contribution is 2.28. The fraction of sp³-hybridized carbons (Fsp3) is 0.111. The number of methoxy groups -OCH3 is 1. The van der Waals surface area contributed by atoms with E-state index >= 15 is 0 Å². The highest BCUT2D eigenvalue weighted by molar-refractivity contribution is 7.17. The van der Waals surface area contributed by atoms with Gasteiger partial charge in [-0.15, -0.1) is 0 Å². The third-order valence-electron chi connectivity index (χ3n) is 1.50. The number of nitrogens with zero attached hydrogens (tertiary/aromatic N) is 1. The Labute approximate surface area is 94.0 Å². The van der Waals surface area contributed by atoms with Crippen molar-refractivity contribution in [3.63, 3.8) is 0 Å². The molecule has 0 aliphatic heterocycles. The monoisotopic (exact) mass is 239 g/mol. The molecule has 0 aromatic carbocycles. The normalized spacial score (nSPS) is 8.81. The van der Waals surface area contributed by atoms with Gasteiger partial charge >= 0.3 is 11.0 Å². The zero-order valence-corrected chi connectivity index (χ0v) is 8.87. The minimum atomic E-state index is -0.798. The maximum absolute atomic E-state index is 10.7. The van der Waals surface area contributed by atoms with E-state index in [4.69, 9.17) is 0 Å². The Kier molecular flexibility index (Phi) is 3.74. The van der Waals surface area contributed by atoms with Gasteiger partial charge < -0.3 is 4.74 Å². The smallest absolute Gasteiger partial charge is 0.384 e. The summed E-state index contributed by atoms with van der Waals surface area (Å²) in [4.78, 5) is 31.3. The maximum atomic E-state index is 10.7. The van der Waals surface area contributed by atoms with Crippen molar-refractivity contribution in [1.82, 2.24) is 0 Å². The number of aldehydes is 1. The Hall–Kier alpha value is -2.20. The molecule has 1 rings (SSSR count). The minimum Gasteiger partial charge on any atom is -0.459 e. The number of ether oxygens (including phenoxy) is 1. The number of nitro groups is 1. The molecule has 0 amide bonds. The van der Waals surface area contributed by atoms with Crippen LogP contribution in [0.25, 0.3) is 0 Å². The molecule has 6 nitrogen and oxygen atoms in total. The Morgan fingerprint density at radius 3 is 2.88 bits per heavy atom. The van der Waals surface area contributed by atoms with Gasteiger partial charge in [-0.05, 0) is 12.0 Å². The lowest BCUT2D eigenvalue weighted by atomic mass is 10.3. The van der Waals surface area contributed by atoms with E-state index in [-0.39, 0.29) is 15.4 Å². The first-order valence-electron chi connectivity index (χ1n) is 3.92. The van der Waals surface area contributed by atoms with Crippen molar-refractivity contribution in [3.8, 4) is 11.8 Å². The van der Waals surface area contributed by atoms with Gasteiger partial charge in [0.05, 0.1) is 16.9 Å². The van der Waals surface area contributed by atoms with Gasteiger partial charge in [0.1, 0.15) is 5.56 Å². The van der Waals surface area contributed by atoms with Crippen LogP contribution in [0.4, 0.5) is 5.00 Å².